The van der Waals surface area contributed by atoms with E-state index in [2.05, 4.69) is 15.0 Å². The zero-order valence-electron chi connectivity index (χ0n) is 10.6. The van der Waals surface area contributed by atoms with Crippen LogP contribution in [0, 0.1) is 6.92 Å². The third kappa shape index (κ3) is 2.67. The first-order valence-electron chi connectivity index (χ1n) is 5.82. The van der Waals surface area contributed by atoms with Crippen LogP contribution in [-0.4, -0.2) is 27.5 Å². The van der Waals surface area contributed by atoms with Gasteiger partial charge in [-0.1, -0.05) is 6.07 Å². The smallest absolute Gasteiger partial charge is 0.345 e. The fraction of sp³-hybridized carbons (Fsp3) is 0.231. The summed E-state index contributed by atoms with van der Waals surface area (Å²) in [5, 5.41) is 0. The highest BCUT2D eigenvalue weighted by atomic mass is 16.5. The summed E-state index contributed by atoms with van der Waals surface area (Å²) >= 11 is 0. The zero-order valence-corrected chi connectivity index (χ0v) is 10.6. The Balaban J connectivity index is 2.43. The maximum absolute atomic E-state index is 11.8. The first-order chi connectivity index (χ1) is 9.13. The van der Waals surface area contributed by atoms with Crippen molar-refractivity contribution in [3.8, 4) is 11.5 Å². The molecule has 2 heterocycles. The summed E-state index contributed by atoms with van der Waals surface area (Å²) in [6.07, 6.45) is 2.82. The Labute approximate surface area is 109 Å². The molecule has 0 fully saturated rings. The van der Waals surface area contributed by atoms with Crippen molar-refractivity contribution in [1.82, 2.24) is 15.0 Å². The molecule has 6 nitrogen and oxygen atoms in total. The van der Waals surface area contributed by atoms with E-state index in [0.717, 1.165) is 5.56 Å². The van der Waals surface area contributed by atoms with Gasteiger partial charge in [-0.05, 0) is 25.5 Å². The molecule has 2 aromatic rings. The van der Waals surface area contributed by atoms with Gasteiger partial charge in [0.1, 0.15) is 11.3 Å². The molecule has 0 radical (unpaired) electrons. The van der Waals surface area contributed by atoms with E-state index >= 15 is 0 Å². The molecule has 0 aliphatic carbocycles. The van der Waals surface area contributed by atoms with Crippen molar-refractivity contribution < 1.29 is 9.53 Å². The van der Waals surface area contributed by atoms with Crippen LogP contribution < -0.4 is 5.56 Å². The minimum absolute atomic E-state index is 0.112. The van der Waals surface area contributed by atoms with E-state index in [9.17, 15) is 9.59 Å². The molecule has 0 saturated heterocycles. The average Bonchev–Trinajstić information content (AvgIpc) is 2.39. The van der Waals surface area contributed by atoms with E-state index in [1.807, 2.05) is 13.0 Å². The van der Waals surface area contributed by atoms with E-state index in [-0.39, 0.29) is 12.2 Å². The van der Waals surface area contributed by atoms with Gasteiger partial charge < -0.3 is 9.72 Å². The number of carbonyl (C=O) groups excluding carboxylic acids is 1. The Morgan fingerprint density at radius 3 is 2.84 bits per heavy atom. The molecule has 19 heavy (non-hydrogen) atoms. The third-order valence-corrected chi connectivity index (χ3v) is 2.53. The number of aromatic amines is 1. The summed E-state index contributed by atoms with van der Waals surface area (Å²) < 4.78 is 4.76. The van der Waals surface area contributed by atoms with Crippen molar-refractivity contribution in [2.75, 3.05) is 6.61 Å². The molecule has 1 N–H and O–H groups in total. The summed E-state index contributed by atoms with van der Waals surface area (Å²) in [5.74, 6) is -0.350. The second kappa shape index (κ2) is 5.43. The Hall–Kier alpha value is -2.50. The zero-order chi connectivity index (χ0) is 13.8. The second-order valence-electron chi connectivity index (χ2n) is 3.86. The molecule has 2 rings (SSSR count). The molecule has 0 spiro atoms. The lowest BCUT2D eigenvalue weighted by Crippen LogP contribution is -2.21. The topological polar surface area (TPSA) is 84.9 Å². The number of nitrogens with one attached hydrogen (secondary N) is 1. The fourth-order valence-electron chi connectivity index (χ4n) is 1.60. The maximum atomic E-state index is 11.8. The SMILES string of the molecule is CCOC(=O)c1cnc(-c2ncccc2C)[nH]c1=O. The molecule has 98 valence electrons. The van der Waals surface area contributed by atoms with Gasteiger partial charge in [0.2, 0.25) is 0 Å². The number of nitrogens with zero attached hydrogens (tertiary/aromatic N) is 2. The predicted molar refractivity (Wildman–Crippen MR) is 68.8 cm³/mol. The van der Waals surface area contributed by atoms with Gasteiger partial charge in [-0.2, -0.15) is 0 Å². The number of hydrogen-bond acceptors (Lipinski definition) is 5. The van der Waals surface area contributed by atoms with E-state index in [4.69, 9.17) is 4.74 Å². The van der Waals surface area contributed by atoms with Crippen molar-refractivity contribution in [3.63, 3.8) is 0 Å². The van der Waals surface area contributed by atoms with Gasteiger partial charge in [0.25, 0.3) is 5.56 Å². The quantitative estimate of drug-likeness (QED) is 0.840. The van der Waals surface area contributed by atoms with Crippen LogP contribution in [0.1, 0.15) is 22.8 Å². The number of H-pyrrole nitrogens is 1. The molecular formula is C13H13N3O3. The van der Waals surface area contributed by atoms with Gasteiger partial charge in [0.15, 0.2) is 5.82 Å². The number of hydrogen-bond donors (Lipinski definition) is 1. The molecule has 0 aliphatic rings. The Morgan fingerprint density at radius 2 is 2.21 bits per heavy atom. The number of aryl methyl sites for hydroxylation is 1. The third-order valence-electron chi connectivity index (χ3n) is 2.53. The fourth-order valence-corrected chi connectivity index (χ4v) is 1.60. The van der Waals surface area contributed by atoms with Crippen LogP contribution in [0.2, 0.25) is 0 Å². The summed E-state index contributed by atoms with van der Waals surface area (Å²) in [6, 6.07) is 3.66. The molecule has 0 aromatic carbocycles. The van der Waals surface area contributed by atoms with E-state index < -0.39 is 11.5 Å². The van der Waals surface area contributed by atoms with Gasteiger partial charge in [-0.15, -0.1) is 0 Å². The van der Waals surface area contributed by atoms with E-state index in [1.165, 1.54) is 6.20 Å². The van der Waals surface area contributed by atoms with Crippen LogP contribution in [0.4, 0.5) is 0 Å². The minimum Gasteiger partial charge on any atom is -0.462 e. The van der Waals surface area contributed by atoms with E-state index in [0.29, 0.717) is 11.5 Å². The van der Waals surface area contributed by atoms with Gasteiger partial charge >= 0.3 is 5.97 Å². The molecule has 2 aromatic heterocycles. The van der Waals surface area contributed by atoms with Crippen molar-refractivity contribution in [1.29, 1.82) is 0 Å². The van der Waals surface area contributed by atoms with Crippen molar-refractivity contribution in [2.24, 2.45) is 0 Å². The first-order valence-corrected chi connectivity index (χ1v) is 5.82. The molecule has 0 bridgehead atoms. The second-order valence-corrected chi connectivity index (χ2v) is 3.86. The lowest BCUT2D eigenvalue weighted by atomic mass is 10.2. The van der Waals surface area contributed by atoms with Crippen LogP contribution in [0.5, 0.6) is 0 Å². The molecule has 0 aliphatic heterocycles. The number of pyridine rings is 1. The van der Waals surface area contributed by atoms with Crippen molar-refractivity contribution in [3.05, 3.63) is 46.0 Å². The molecule has 6 heteroatoms. The average molecular weight is 259 g/mol. The normalized spacial score (nSPS) is 10.2. The monoisotopic (exact) mass is 259 g/mol. The van der Waals surface area contributed by atoms with Gasteiger partial charge in [0.05, 0.1) is 6.61 Å². The summed E-state index contributed by atoms with van der Waals surface area (Å²) in [7, 11) is 0. The van der Waals surface area contributed by atoms with Crippen LogP contribution in [0.15, 0.2) is 29.3 Å². The standard InChI is InChI=1S/C13H13N3O3/c1-3-19-13(18)9-7-15-11(16-12(9)17)10-8(2)5-4-6-14-10/h4-7H,3H2,1-2H3,(H,15,16,17). The lowest BCUT2D eigenvalue weighted by molar-refractivity contribution is 0.0524. The van der Waals surface area contributed by atoms with Crippen LogP contribution in [0.3, 0.4) is 0 Å². The summed E-state index contributed by atoms with van der Waals surface area (Å²) in [6.45, 7) is 3.74. The molecule has 0 unspecified atom stereocenters. The maximum Gasteiger partial charge on any atom is 0.345 e. The minimum atomic E-state index is -0.680. The number of esters is 1. The van der Waals surface area contributed by atoms with Gasteiger partial charge in [0, 0.05) is 12.4 Å². The molecule has 0 atom stereocenters. The highest BCUT2D eigenvalue weighted by molar-refractivity contribution is 5.88. The summed E-state index contributed by atoms with van der Waals surface area (Å²) in [4.78, 5) is 34.0. The molecule has 0 amide bonds. The van der Waals surface area contributed by atoms with Gasteiger partial charge in [-0.25, -0.2) is 9.78 Å². The molecule has 0 saturated carbocycles. The summed E-state index contributed by atoms with van der Waals surface area (Å²) in [5.41, 5.74) is 0.817. The Morgan fingerprint density at radius 1 is 1.42 bits per heavy atom. The van der Waals surface area contributed by atoms with Crippen molar-refractivity contribution in [2.45, 2.75) is 13.8 Å². The number of carbonyl (C=O) groups is 1. The number of ether oxygens (including phenoxy) is 1. The first kappa shape index (κ1) is 12.9. The molecular weight excluding hydrogens is 246 g/mol. The highest BCUT2D eigenvalue weighted by Gasteiger charge is 2.14. The number of rotatable bonds is 3. The predicted octanol–water partition coefficient (Wildman–Crippen LogP) is 1.32. The van der Waals surface area contributed by atoms with Gasteiger partial charge in [-0.3, -0.25) is 9.78 Å². The highest BCUT2D eigenvalue weighted by Crippen LogP contribution is 2.14. The van der Waals surface area contributed by atoms with Crippen LogP contribution >= 0.6 is 0 Å². The number of aromatic nitrogens is 3. The largest absolute Gasteiger partial charge is 0.462 e. The van der Waals surface area contributed by atoms with Crippen LogP contribution in [-0.2, 0) is 4.74 Å². The Kier molecular flexibility index (Phi) is 3.70. The van der Waals surface area contributed by atoms with Crippen LogP contribution in [0.25, 0.3) is 11.5 Å². The lowest BCUT2D eigenvalue weighted by Gasteiger charge is -2.04. The van der Waals surface area contributed by atoms with E-state index in [1.54, 1.807) is 19.2 Å². The van der Waals surface area contributed by atoms with Crippen molar-refractivity contribution >= 4 is 5.97 Å². The Bertz CT molecular complexity index is 664.